The Hall–Kier alpha value is -0.840. The molecule has 2 rings (SSSR count). The smallest absolute Gasteiger partial charge is 0.229 e. The van der Waals surface area contributed by atoms with Crippen LogP contribution >= 0.6 is 11.8 Å². The zero-order chi connectivity index (χ0) is 9.80. The second kappa shape index (κ2) is 4.59. The van der Waals surface area contributed by atoms with Crippen molar-refractivity contribution in [1.82, 2.24) is 10.1 Å². The number of rotatable bonds is 3. The van der Waals surface area contributed by atoms with E-state index in [1.165, 1.54) is 0 Å². The third kappa shape index (κ3) is 2.15. The number of nitrogens with zero attached hydrogens (tertiary/aromatic N) is 2. The van der Waals surface area contributed by atoms with Gasteiger partial charge in [0.05, 0.1) is 6.42 Å². The van der Waals surface area contributed by atoms with Crippen LogP contribution in [0.2, 0.25) is 0 Å². The number of carbonyl (C=O) groups excluding carboxylic acids is 1. The molecule has 0 N–H and O–H groups in total. The molecule has 0 radical (unpaired) electrons. The van der Waals surface area contributed by atoms with Crippen molar-refractivity contribution < 1.29 is 9.32 Å². The number of aldehydes is 1. The minimum absolute atomic E-state index is 0.255. The third-order valence-corrected chi connectivity index (χ3v) is 3.37. The maximum atomic E-state index is 10.2. The standard InChI is InChI=1S/C9H12N2O2S/c12-4-1-8-10-9(13-11-8)7-2-5-14-6-3-7/h4,7H,1-3,5-6H2. The van der Waals surface area contributed by atoms with Gasteiger partial charge in [0.15, 0.2) is 5.82 Å². The number of hydrogen-bond donors (Lipinski definition) is 0. The molecule has 0 unspecified atom stereocenters. The van der Waals surface area contributed by atoms with E-state index >= 15 is 0 Å². The lowest BCUT2D eigenvalue weighted by Gasteiger charge is -2.16. The third-order valence-electron chi connectivity index (χ3n) is 2.32. The minimum atomic E-state index is 0.255. The van der Waals surface area contributed by atoms with E-state index < -0.39 is 0 Å². The fourth-order valence-electron chi connectivity index (χ4n) is 1.54. The summed E-state index contributed by atoms with van der Waals surface area (Å²) in [7, 11) is 0. The topological polar surface area (TPSA) is 56.0 Å². The highest BCUT2D eigenvalue weighted by molar-refractivity contribution is 7.99. The summed E-state index contributed by atoms with van der Waals surface area (Å²) in [6.07, 6.45) is 3.26. The van der Waals surface area contributed by atoms with E-state index in [4.69, 9.17) is 4.52 Å². The van der Waals surface area contributed by atoms with Crippen molar-refractivity contribution in [1.29, 1.82) is 0 Å². The van der Waals surface area contributed by atoms with Crippen LogP contribution in [0, 0.1) is 0 Å². The van der Waals surface area contributed by atoms with Crippen LogP contribution in [0.3, 0.4) is 0 Å². The van der Waals surface area contributed by atoms with Crippen LogP contribution in [0.1, 0.15) is 30.5 Å². The van der Waals surface area contributed by atoms with E-state index in [1.807, 2.05) is 11.8 Å². The summed E-state index contributed by atoms with van der Waals surface area (Å²) in [5.74, 6) is 3.95. The first kappa shape index (κ1) is 9.71. The summed E-state index contributed by atoms with van der Waals surface area (Å²) < 4.78 is 5.13. The summed E-state index contributed by atoms with van der Waals surface area (Å²) in [6.45, 7) is 0. The van der Waals surface area contributed by atoms with Crippen molar-refractivity contribution in [2.75, 3.05) is 11.5 Å². The molecular weight excluding hydrogens is 200 g/mol. The Morgan fingerprint density at radius 3 is 3.00 bits per heavy atom. The van der Waals surface area contributed by atoms with Crippen molar-refractivity contribution in [3.8, 4) is 0 Å². The molecular formula is C9H12N2O2S. The quantitative estimate of drug-likeness (QED) is 0.709. The van der Waals surface area contributed by atoms with E-state index in [1.54, 1.807) is 0 Å². The van der Waals surface area contributed by atoms with Gasteiger partial charge in [-0.15, -0.1) is 0 Å². The van der Waals surface area contributed by atoms with Crippen LogP contribution in [-0.4, -0.2) is 27.9 Å². The zero-order valence-electron chi connectivity index (χ0n) is 7.81. The first-order valence-electron chi connectivity index (χ1n) is 4.74. The van der Waals surface area contributed by atoms with Crippen molar-refractivity contribution in [2.45, 2.75) is 25.2 Å². The summed E-state index contributed by atoms with van der Waals surface area (Å²) >= 11 is 1.96. The molecule has 1 aliphatic heterocycles. The van der Waals surface area contributed by atoms with Gasteiger partial charge in [-0.2, -0.15) is 16.7 Å². The van der Waals surface area contributed by atoms with Crippen LogP contribution < -0.4 is 0 Å². The highest BCUT2D eigenvalue weighted by atomic mass is 32.2. The van der Waals surface area contributed by atoms with Crippen LogP contribution in [-0.2, 0) is 11.2 Å². The highest BCUT2D eigenvalue weighted by Gasteiger charge is 2.21. The van der Waals surface area contributed by atoms with Gasteiger partial charge < -0.3 is 9.32 Å². The molecule has 0 aromatic carbocycles. The van der Waals surface area contributed by atoms with Crippen molar-refractivity contribution >= 4 is 18.0 Å². The van der Waals surface area contributed by atoms with Gasteiger partial charge in [-0.3, -0.25) is 0 Å². The Balaban J connectivity index is 2.03. The number of thioether (sulfide) groups is 1. The molecule has 1 saturated heterocycles. The molecule has 0 atom stereocenters. The fourth-order valence-corrected chi connectivity index (χ4v) is 2.64. The van der Waals surface area contributed by atoms with E-state index in [9.17, 15) is 4.79 Å². The van der Waals surface area contributed by atoms with Crippen molar-refractivity contribution in [2.24, 2.45) is 0 Å². The van der Waals surface area contributed by atoms with E-state index in [2.05, 4.69) is 10.1 Å². The molecule has 0 aliphatic carbocycles. The minimum Gasteiger partial charge on any atom is -0.339 e. The van der Waals surface area contributed by atoms with Gasteiger partial charge in [0, 0.05) is 5.92 Å². The molecule has 14 heavy (non-hydrogen) atoms. The molecule has 4 nitrogen and oxygen atoms in total. The second-order valence-corrected chi connectivity index (χ2v) is 4.53. The monoisotopic (exact) mass is 212 g/mol. The van der Waals surface area contributed by atoms with Gasteiger partial charge in [0.2, 0.25) is 5.89 Å². The fraction of sp³-hybridized carbons (Fsp3) is 0.667. The van der Waals surface area contributed by atoms with Crippen molar-refractivity contribution in [3.63, 3.8) is 0 Å². The van der Waals surface area contributed by atoms with Crippen molar-refractivity contribution in [3.05, 3.63) is 11.7 Å². The maximum absolute atomic E-state index is 10.2. The highest BCUT2D eigenvalue weighted by Crippen LogP contribution is 2.30. The van der Waals surface area contributed by atoms with Gasteiger partial charge in [0.1, 0.15) is 6.29 Å². The summed E-state index contributed by atoms with van der Waals surface area (Å²) in [6, 6.07) is 0. The SMILES string of the molecule is O=CCc1noc(C2CCSCC2)n1. The van der Waals surface area contributed by atoms with Crippen LogP contribution in [0.15, 0.2) is 4.52 Å². The molecule has 0 spiro atoms. The zero-order valence-corrected chi connectivity index (χ0v) is 8.63. The van der Waals surface area contributed by atoms with E-state index in [0.29, 0.717) is 17.6 Å². The first-order valence-corrected chi connectivity index (χ1v) is 5.89. The number of aromatic nitrogens is 2. The maximum Gasteiger partial charge on any atom is 0.229 e. The normalized spacial score (nSPS) is 18.3. The predicted molar refractivity (Wildman–Crippen MR) is 53.4 cm³/mol. The van der Waals surface area contributed by atoms with Gasteiger partial charge >= 0.3 is 0 Å². The van der Waals surface area contributed by atoms with E-state index in [-0.39, 0.29) is 6.42 Å². The van der Waals surface area contributed by atoms with Gasteiger partial charge in [-0.25, -0.2) is 0 Å². The lowest BCUT2D eigenvalue weighted by Crippen LogP contribution is -2.08. The molecule has 1 aromatic heterocycles. The molecule has 76 valence electrons. The van der Waals surface area contributed by atoms with E-state index in [0.717, 1.165) is 30.6 Å². The van der Waals surface area contributed by atoms with Crippen LogP contribution in [0.5, 0.6) is 0 Å². The molecule has 1 aliphatic rings. The lowest BCUT2D eigenvalue weighted by atomic mass is 10.0. The first-order chi connectivity index (χ1) is 6.90. The van der Waals surface area contributed by atoms with Crippen LogP contribution in [0.25, 0.3) is 0 Å². The number of hydrogen-bond acceptors (Lipinski definition) is 5. The van der Waals surface area contributed by atoms with Gasteiger partial charge in [-0.05, 0) is 24.3 Å². The Morgan fingerprint density at radius 2 is 2.29 bits per heavy atom. The summed E-state index contributed by atoms with van der Waals surface area (Å²) in [4.78, 5) is 14.4. The predicted octanol–water partition coefficient (Wildman–Crippen LogP) is 1.42. The molecule has 0 bridgehead atoms. The van der Waals surface area contributed by atoms with Crippen LogP contribution in [0.4, 0.5) is 0 Å². The largest absolute Gasteiger partial charge is 0.339 e. The Bertz CT molecular complexity index is 308. The number of carbonyl (C=O) groups is 1. The molecule has 0 amide bonds. The average Bonchev–Trinajstić information content (AvgIpc) is 2.68. The Labute approximate surface area is 86.4 Å². The average molecular weight is 212 g/mol. The molecule has 1 fully saturated rings. The second-order valence-electron chi connectivity index (χ2n) is 3.31. The Morgan fingerprint density at radius 1 is 1.50 bits per heavy atom. The molecule has 5 heteroatoms. The Kier molecular flexibility index (Phi) is 3.18. The molecule has 1 aromatic rings. The molecule has 0 saturated carbocycles. The summed E-state index contributed by atoms with van der Waals surface area (Å²) in [5.41, 5.74) is 0. The molecule has 2 heterocycles. The van der Waals surface area contributed by atoms with Gasteiger partial charge in [-0.1, -0.05) is 5.16 Å². The summed E-state index contributed by atoms with van der Waals surface area (Å²) in [5, 5.41) is 3.76. The lowest BCUT2D eigenvalue weighted by molar-refractivity contribution is -0.107. The van der Waals surface area contributed by atoms with Gasteiger partial charge in [0.25, 0.3) is 0 Å².